The van der Waals surface area contributed by atoms with Gasteiger partial charge in [-0.2, -0.15) is 0 Å². The van der Waals surface area contributed by atoms with E-state index in [-0.39, 0.29) is 37.2 Å². The molecule has 1 unspecified atom stereocenters. The topological polar surface area (TPSA) is 107 Å². The molecule has 4 rings (SSSR count). The molecule has 0 bridgehead atoms. The Morgan fingerprint density at radius 2 is 1.86 bits per heavy atom. The van der Waals surface area contributed by atoms with E-state index in [1.807, 2.05) is 17.0 Å². The number of carboxylic acids is 1. The van der Waals surface area contributed by atoms with Crippen molar-refractivity contribution in [2.24, 2.45) is 0 Å². The molecule has 0 spiro atoms. The fraction of sp³-hybridized carbons (Fsp3) is 0.500. The van der Waals surface area contributed by atoms with Crippen LogP contribution in [-0.4, -0.2) is 64.3 Å². The number of benzene rings is 1. The number of aliphatic carboxylic acids is 1. The van der Waals surface area contributed by atoms with Gasteiger partial charge >= 0.3 is 5.97 Å². The van der Waals surface area contributed by atoms with Crippen LogP contribution in [0.5, 0.6) is 0 Å². The number of rotatable bonds is 4. The van der Waals surface area contributed by atoms with Crippen molar-refractivity contribution in [2.75, 3.05) is 19.6 Å². The normalized spacial score (nSPS) is 22.8. The van der Waals surface area contributed by atoms with Gasteiger partial charge in [0.05, 0.1) is 6.54 Å². The van der Waals surface area contributed by atoms with Crippen molar-refractivity contribution in [3.8, 4) is 0 Å². The van der Waals surface area contributed by atoms with E-state index in [0.717, 1.165) is 37.1 Å². The Morgan fingerprint density at radius 3 is 2.52 bits per heavy atom. The number of halogens is 1. The minimum absolute atomic E-state index is 0. The standard InChI is InChI=1S/C20H23N3O5.ClH/c24-17-4-3-16(19(27)21-17)23-10-14-9-13(1-2-15(14)20(23)28)12-5-7-22(8-6-12)11-18(25)26;/h1-2,9,12,16H,3-8,10-11H2,(H,25,26)(H,21,24,27);1H. The zero-order valence-corrected chi connectivity index (χ0v) is 16.7. The smallest absolute Gasteiger partial charge is 0.317 e. The van der Waals surface area contributed by atoms with Crippen LogP contribution in [0.15, 0.2) is 18.2 Å². The third-order valence-corrected chi connectivity index (χ3v) is 5.97. The second-order valence-corrected chi connectivity index (χ2v) is 7.76. The Labute approximate surface area is 174 Å². The number of carbonyl (C=O) groups excluding carboxylic acids is 3. The van der Waals surface area contributed by atoms with Crippen LogP contribution in [0.4, 0.5) is 0 Å². The summed E-state index contributed by atoms with van der Waals surface area (Å²) >= 11 is 0. The molecule has 2 fully saturated rings. The third kappa shape index (κ3) is 4.28. The average Bonchev–Trinajstić information content (AvgIpc) is 2.98. The molecule has 1 aromatic carbocycles. The Bertz CT molecular complexity index is 851. The number of amides is 3. The van der Waals surface area contributed by atoms with Gasteiger partial charge in [0, 0.05) is 18.5 Å². The number of nitrogens with one attached hydrogen (secondary N) is 1. The maximum atomic E-state index is 12.8. The van der Waals surface area contributed by atoms with Crippen molar-refractivity contribution in [3.05, 3.63) is 34.9 Å². The van der Waals surface area contributed by atoms with E-state index in [2.05, 4.69) is 11.4 Å². The largest absolute Gasteiger partial charge is 0.480 e. The van der Waals surface area contributed by atoms with Gasteiger partial charge in [0.2, 0.25) is 11.8 Å². The Kier molecular flexibility index (Phi) is 6.24. The number of carboxylic acid groups (broad SMARTS) is 1. The van der Waals surface area contributed by atoms with Gasteiger partial charge in [0.25, 0.3) is 5.91 Å². The fourth-order valence-corrected chi connectivity index (χ4v) is 4.46. The van der Waals surface area contributed by atoms with Crippen LogP contribution in [0, 0.1) is 0 Å². The Hall–Kier alpha value is -2.45. The molecule has 3 heterocycles. The van der Waals surface area contributed by atoms with Crippen LogP contribution in [0.2, 0.25) is 0 Å². The molecular weight excluding hydrogens is 398 g/mol. The number of carbonyl (C=O) groups is 4. The highest BCUT2D eigenvalue weighted by atomic mass is 35.5. The predicted molar refractivity (Wildman–Crippen MR) is 106 cm³/mol. The van der Waals surface area contributed by atoms with E-state index in [0.29, 0.717) is 24.4 Å². The average molecular weight is 422 g/mol. The summed E-state index contributed by atoms with van der Waals surface area (Å²) in [5.74, 6) is -1.31. The molecule has 3 aliphatic heterocycles. The SMILES string of the molecule is Cl.O=C(O)CN1CCC(c2ccc3c(c2)CN(C2CCC(=O)NC2=O)C3=O)CC1. The highest BCUT2D eigenvalue weighted by Crippen LogP contribution is 2.33. The van der Waals surface area contributed by atoms with Gasteiger partial charge in [-0.05, 0) is 55.5 Å². The first-order chi connectivity index (χ1) is 13.4. The Morgan fingerprint density at radius 1 is 1.14 bits per heavy atom. The lowest BCUT2D eigenvalue weighted by atomic mass is 9.88. The lowest BCUT2D eigenvalue weighted by Crippen LogP contribution is -2.52. The molecule has 156 valence electrons. The molecule has 3 amide bonds. The van der Waals surface area contributed by atoms with Gasteiger partial charge in [-0.25, -0.2) is 0 Å². The number of hydrogen-bond donors (Lipinski definition) is 2. The van der Waals surface area contributed by atoms with Crippen LogP contribution < -0.4 is 5.32 Å². The second-order valence-electron chi connectivity index (χ2n) is 7.76. The van der Waals surface area contributed by atoms with Gasteiger partial charge in [-0.15, -0.1) is 12.4 Å². The van der Waals surface area contributed by atoms with Crippen LogP contribution >= 0.6 is 12.4 Å². The van der Waals surface area contributed by atoms with Crippen LogP contribution in [-0.2, 0) is 20.9 Å². The first kappa shape index (κ1) is 21.3. The lowest BCUT2D eigenvalue weighted by molar-refractivity contribution is -0.139. The van der Waals surface area contributed by atoms with Gasteiger partial charge in [0.1, 0.15) is 6.04 Å². The summed E-state index contributed by atoms with van der Waals surface area (Å²) in [5, 5.41) is 11.2. The van der Waals surface area contributed by atoms with E-state index in [1.54, 1.807) is 4.90 Å². The molecule has 1 aromatic rings. The Balaban J connectivity index is 0.00000240. The third-order valence-electron chi connectivity index (χ3n) is 5.97. The summed E-state index contributed by atoms with van der Waals surface area (Å²) in [5.41, 5.74) is 2.70. The highest BCUT2D eigenvalue weighted by Gasteiger charge is 2.39. The number of fused-ring (bicyclic) bond motifs is 1. The van der Waals surface area contributed by atoms with Gasteiger partial charge < -0.3 is 10.0 Å². The van der Waals surface area contributed by atoms with Crippen molar-refractivity contribution in [1.29, 1.82) is 0 Å². The highest BCUT2D eigenvalue weighted by molar-refractivity contribution is 6.05. The maximum Gasteiger partial charge on any atom is 0.317 e. The molecule has 2 saturated heterocycles. The molecule has 0 radical (unpaired) electrons. The summed E-state index contributed by atoms with van der Waals surface area (Å²) in [7, 11) is 0. The number of likely N-dealkylation sites (tertiary alicyclic amines) is 1. The lowest BCUT2D eigenvalue weighted by Gasteiger charge is -2.31. The quantitative estimate of drug-likeness (QED) is 0.706. The van der Waals surface area contributed by atoms with E-state index >= 15 is 0 Å². The molecule has 0 aliphatic carbocycles. The van der Waals surface area contributed by atoms with E-state index < -0.39 is 17.9 Å². The molecule has 0 saturated carbocycles. The van der Waals surface area contributed by atoms with Crippen molar-refractivity contribution in [3.63, 3.8) is 0 Å². The summed E-state index contributed by atoms with van der Waals surface area (Å²) in [6.07, 6.45) is 2.38. The zero-order chi connectivity index (χ0) is 19.8. The summed E-state index contributed by atoms with van der Waals surface area (Å²) in [6, 6.07) is 5.27. The minimum atomic E-state index is -0.803. The van der Waals surface area contributed by atoms with Crippen molar-refractivity contribution in [2.45, 2.75) is 44.2 Å². The monoisotopic (exact) mass is 421 g/mol. The molecule has 29 heavy (non-hydrogen) atoms. The molecule has 1 atom stereocenters. The summed E-state index contributed by atoms with van der Waals surface area (Å²) in [4.78, 5) is 50.6. The molecule has 8 nitrogen and oxygen atoms in total. The van der Waals surface area contributed by atoms with Crippen LogP contribution in [0.1, 0.15) is 53.1 Å². The minimum Gasteiger partial charge on any atom is -0.480 e. The second kappa shape index (κ2) is 8.51. The number of piperidine rings is 2. The molecular formula is C20H24ClN3O5. The zero-order valence-electron chi connectivity index (χ0n) is 15.9. The van der Waals surface area contributed by atoms with Crippen LogP contribution in [0.3, 0.4) is 0 Å². The van der Waals surface area contributed by atoms with E-state index in [4.69, 9.17) is 5.11 Å². The van der Waals surface area contributed by atoms with Gasteiger partial charge in [-0.3, -0.25) is 29.4 Å². The maximum absolute atomic E-state index is 12.8. The van der Waals surface area contributed by atoms with Crippen molar-refractivity contribution >= 4 is 36.1 Å². The number of hydrogen-bond acceptors (Lipinski definition) is 5. The molecule has 0 aromatic heterocycles. The summed E-state index contributed by atoms with van der Waals surface area (Å²) < 4.78 is 0. The summed E-state index contributed by atoms with van der Waals surface area (Å²) in [6.45, 7) is 1.95. The van der Waals surface area contributed by atoms with Crippen molar-refractivity contribution < 1.29 is 24.3 Å². The molecule has 9 heteroatoms. The number of imide groups is 1. The molecule has 2 N–H and O–H groups in total. The van der Waals surface area contributed by atoms with E-state index in [1.165, 1.54) is 0 Å². The predicted octanol–water partition coefficient (Wildman–Crippen LogP) is 1.13. The van der Waals surface area contributed by atoms with Crippen LogP contribution in [0.25, 0.3) is 0 Å². The van der Waals surface area contributed by atoms with Crippen molar-refractivity contribution in [1.82, 2.24) is 15.1 Å². The van der Waals surface area contributed by atoms with Gasteiger partial charge in [0.15, 0.2) is 0 Å². The molecule has 3 aliphatic rings. The van der Waals surface area contributed by atoms with Gasteiger partial charge in [-0.1, -0.05) is 12.1 Å². The first-order valence-electron chi connectivity index (χ1n) is 9.64. The van der Waals surface area contributed by atoms with E-state index in [9.17, 15) is 19.2 Å². The fourth-order valence-electron chi connectivity index (χ4n) is 4.46. The first-order valence-corrected chi connectivity index (χ1v) is 9.64. The number of nitrogens with zero attached hydrogens (tertiary/aromatic N) is 2.